The predicted molar refractivity (Wildman–Crippen MR) is 56.2 cm³/mol. The van der Waals surface area contributed by atoms with Crippen molar-refractivity contribution in [1.82, 2.24) is 4.98 Å². The van der Waals surface area contributed by atoms with E-state index in [-0.39, 0.29) is 0 Å². The van der Waals surface area contributed by atoms with Gasteiger partial charge >= 0.3 is 0 Å². The SMILES string of the molecule is c1cc(Cc2ccc3c(c2)OCO3)c[nH]1. The molecule has 0 fully saturated rings. The largest absolute Gasteiger partial charge is 0.454 e. The van der Waals surface area contributed by atoms with E-state index in [1.165, 1.54) is 11.1 Å². The molecule has 2 heterocycles. The summed E-state index contributed by atoms with van der Waals surface area (Å²) in [7, 11) is 0. The van der Waals surface area contributed by atoms with E-state index in [2.05, 4.69) is 17.1 Å². The molecule has 0 radical (unpaired) electrons. The zero-order valence-electron chi connectivity index (χ0n) is 8.19. The molecule has 0 atom stereocenters. The smallest absolute Gasteiger partial charge is 0.231 e. The van der Waals surface area contributed by atoms with Crippen molar-refractivity contribution in [1.29, 1.82) is 0 Å². The lowest BCUT2D eigenvalue weighted by atomic mass is 10.1. The molecule has 1 aliphatic heterocycles. The van der Waals surface area contributed by atoms with Gasteiger partial charge in [-0.25, -0.2) is 0 Å². The van der Waals surface area contributed by atoms with Gasteiger partial charge in [-0.2, -0.15) is 0 Å². The van der Waals surface area contributed by atoms with Crippen LogP contribution in [-0.2, 0) is 6.42 Å². The first-order valence-electron chi connectivity index (χ1n) is 4.92. The minimum Gasteiger partial charge on any atom is -0.454 e. The zero-order valence-corrected chi connectivity index (χ0v) is 8.19. The molecular formula is C12H11NO2. The summed E-state index contributed by atoms with van der Waals surface area (Å²) in [6.45, 7) is 0.336. The summed E-state index contributed by atoms with van der Waals surface area (Å²) in [6, 6.07) is 8.14. The second-order valence-electron chi connectivity index (χ2n) is 3.58. The van der Waals surface area contributed by atoms with E-state index >= 15 is 0 Å². The van der Waals surface area contributed by atoms with E-state index in [1.54, 1.807) is 0 Å². The van der Waals surface area contributed by atoms with E-state index in [9.17, 15) is 0 Å². The molecule has 3 rings (SSSR count). The minimum absolute atomic E-state index is 0.336. The van der Waals surface area contributed by atoms with Gasteiger partial charge in [-0.05, 0) is 35.7 Å². The number of rotatable bonds is 2. The highest BCUT2D eigenvalue weighted by atomic mass is 16.7. The van der Waals surface area contributed by atoms with Crippen molar-refractivity contribution in [3.05, 3.63) is 47.8 Å². The fourth-order valence-corrected chi connectivity index (χ4v) is 1.75. The Morgan fingerprint density at radius 3 is 2.87 bits per heavy atom. The minimum atomic E-state index is 0.336. The highest BCUT2D eigenvalue weighted by Gasteiger charge is 2.13. The lowest BCUT2D eigenvalue weighted by Crippen LogP contribution is -1.93. The van der Waals surface area contributed by atoms with Gasteiger partial charge in [-0.3, -0.25) is 0 Å². The summed E-state index contributed by atoms with van der Waals surface area (Å²) in [4.78, 5) is 3.05. The lowest BCUT2D eigenvalue weighted by molar-refractivity contribution is 0.174. The quantitative estimate of drug-likeness (QED) is 0.809. The number of H-pyrrole nitrogens is 1. The number of hydrogen-bond acceptors (Lipinski definition) is 2. The molecule has 15 heavy (non-hydrogen) atoms. The predicted octanol–water partition coefficient (Wildman–Crippen LogP) is 2.33. The van der Waals surface area contributed by atoms with Gasteiger partial charge in [0.1, 0.15) is 0 Å². The fourth-order valence-electron chi connectivity index (χ4n) is 1.75. The third kappa shape index (κ3) is 1.56. The summed E-state index contributed by atoms with van der Waals surface area (Å²) < 4.78 is 10.6. The van der Waals surface area contributed by atoms with Crippen LogP contribution < -0.4 is 9.47 Å². The van der Waals surface area contributed by atoms with Crippen molar-refractivity contribution in [3.63, 3.8) is 0 Å². The third-order valence-electron chi connectivity index (χ3n) is 2.51. The summed E-state index contributed by atoms with van der Waals surface area (Å²) in [5.41, 5.74) is 2.51. The van der Waals surface area contributed by atoms with Crippen LogP contribution in [0.4, 0.5) is 0 Å². The Morgan fingerprint density at radius 2 is 2.00 bits per heavy atom. The molecular weight excluding hydrogens is 190 g/mol. The van der Waals surface area contributed by atoms with Gasteiger partial charge in [0, 0.05) is 12.4 Å². The average Bonchev–Trinajstić information content (AvgIpc) is 2.87. The summed E-state index contributed by atoms with van der Waals surface area (Å²) in [5.74, 6) is 1.69. The Labute approximate surface area is 87.6 Å². The molecule has 1 N–H and O–H groups in total. The Balaban J connectivity index is 1.87. The van der Waals surface area contributed by atoms with Crippen molar-refractivity contribution in [3.8, 4) is 11.5 Å². The summed E-state index contributed by atoms with van der Waals surface area (Å²) >= 11 is 0. The normalized spacial score (nSPS) is 13.1. The Morgan fingerprint density at radius 1 is 1.07 bits per heavy atom. The number of ether oxygens (including phenoxy) is 2. The van der Waals surface area contributed by atoms with Crippen LogP contribution in [0.25, 0.3) is 0 Å². The van der Waals surface area contributed by atoms with E-state index in [4.69, 9.17) is 9.47 Å². The standard InChI is InChI=1S/C12H11NO2/c1-2-11-12(15-8-14-11)6-9(1)5-10-3-4-13-7-10/h1-4,6-7,13H,5,8H2. The molecule has 2 aromatic rings. The Hall–Kier alpha value is -1.90. The number of aromatic amines is 1. The maximum Gasteiger partial charge on any atom is 0.231 e. The maximum atomic E-state index is 5.33. The second kappa shape index (κ2) is 3.35. The maximum absolute atomic E-state index is 5.33. The monoisotopic (exact) mass is 201 g/mol. The Bertz CT molecular complexity index is 462. The van der Waals surface area contributed by atoms with Gasteiger partial charge in [-0.1, -0.05) is 6.07 Å². The molecule has 1 aliphatic rings. The summed E-state index contributed by atoms with van der Waals surface area (Å²) in [6.07, 6.45) is 4.85. The van der Waals surface area contributed by atoms with Crippen LogP contribution in [0.15, 0.2) is 36.7 Å². The number of hydrogen-bond donors (Lipinski definition) is 1. The van der Waals surface area contributed by atoms with Gasteiger partial charge in [0.2, 0.25) is 6.79 Å². The van der Waals surface area contributed by atoms with E-state index in [0.717, 1.165) is 17.9 Å². The van der Waals surface area contributed by atoms with E-state index < -0.39 is 0 Å². The van der Waals surface area contributed by atoms with Crippen LogP contribution in [0.2, 0.25) is 0 Å². The molecule has 3 nitrogen and oxygen atoms in total. The highest BCUT2D eigenvalue weighted by Crippen LogP contribution is 2.32. The Kier molecular flexibility index (Phi) is 1.88. The molecule has 0 bridgehead atoms. The van der Waals surface area contributed by atoms with Gasteiger partial charge in [0.05, 0.1) is 0 Å². The highest BCUT2D eigenvalue weighted by molar-refractivity contribution is 5.45. The number of benzene rings is 1. The average molecular weight is 201 g/mol. The molecule has 0 saturated heterocycles. The fraction of sp³-hybridized carbons (Fsp3) is 0.167. The van der Waals surface area contributed by atoms with Crippen molar-refractivity contribution in [2.75, 3.05) is 6.79 Å². The van der Waals surface area contributed by atoms with Crippen LogP contribution in [0.1, 0.15) is 11.1 Å². The van der Waals surface area contributed by atoms with E-state index in [0.29, 0.717) is 6.79 Å². The second-order valence-corrected chi connectivity index (χ2v) is 3.58. The lowest BCUT2D eigenvalue weighted by Gasteiger charge is -2.01. The number of nitrogens with one attached hydrogen (secondary N) is 1. The first kappa shape index (κ1) is 8.41. The molecule has 1 aromatic heterocycles. The van der Waals surface area contributed by atoms with Crippen LogP contribution in [0.5, 0.6) is 11.5 Å². The van der Waals surface area contributed by atoms with Crippen LogP contribution in [0, 0.1) is 0 Å². The van der Waals surface area contributed by atoms with Crippen LogP contribution >= 0.6 is 0 Å². The molecule has 0 unspecified atom stereocenters. The first-order chi connectivity index (χ1) is 7.42. The third-order valence-corrected chi connectivity index (χ3v) is 2.51. The topological polar surface area (TPSA) is 34.2 Å². The van der Waals surface area contributed by atoms with Crippen molar-refractivity contribution in [2.24, 2.45) is 0 Å². The zero-order chi connectivity index (χ0) is 10.1. The molecule has 0 spiro atoms. The molecule has 0 aliphatic carbocycles. The molecule has 3 heteroatoms. The van der Waals surface area contributed by atoms with Gasteiger partial charge in [0.25, 0.3) is 0 Å². The first-order valence-corrected chi connectivity index (χ1v) is 4.92. The number of fused-ring (bicyclic) bond motifs is 1. The van der Waals surface area contributed by atoms with Gasteiger partial charge in [0.15, 0.2) is 11.5 Å². The van der Waals surface area contributed by atoms with Crippen molar-refractivity contribution >= 4 is 0 Å². The van der Waals surface area contributed by atoms with E-state index in [1.807, 2.05) is 24.5 Å². The number of aromatic nitrogens is 1. The van der Waals surface area contributed by atoms with Crippen LogP contribution in [-0.4, -0.2) is 11.8 Å². The summed E-state index contributed by atoms with van der Waals surface area (Å²) in [5, 5.41) is 0. The van der Waals surface area contributed by atoms with Gasteiger partial charge in [-0.15, -0.1) is 0 Å². The van der Waals surface area contributed by atoms with Crippen LogP contribution in [0.3, 0.4) is 0 Å². The van der Waals surface area contributed by atoms with Crippen molar-refractivity contribution in [2.45, 2.75) is 6.42 Å². The molecule has 0 amide bonds. The molecule has 0 saturated carbocycles. The van der Waals surface area contributed by atoms with Crippen molar-refractivity contribution < 1.29 is 9.47 Å². The molecule has 1 aromatic carbocycles. The molecule has 76 valence electrons. The van der Waals surface area contributed by atoms with Gasteiger partial charge < -0.3 is 14.5 Å².